The summed E-state index contributed by atoms with van der Waals surface area (Å²) in [7, 11) is 0. The van der Waals surface area contributed by atoms with Gasteiger partial charge in [-0.05, 0) is 36.2 Å². The average molecular weight is 385 g/mol. The van der Waals surface area contributed by atoms with Crippen molar-refractivity contribution in [2.24, 2.45) is 0 Å². The van der Waals surface area contributed by atoms with Crippen molar-refractivity contribution in [1.29, 1.82) is 0 Å². The van der Waals surface area contributed by atoms with Crippen molar-refractivity contribution < 1.29 is 14.7 Å². The number of benzene rings is 2. The van der Waals surface area contributed by atoms with E-state index in [2.05, 4.69) is 10.3 Å². The predicted molar refractivity (Wildman–Crippen MR) is 103 cm³/mol. The zero-order chi connectivity index (χ0) is 19.6. The highest BCUT2D eigenvalue weighted by Gasteiger charge is 2.16. The van der Waals surface area contributed by atoms with Gasteiger partial charge in [0.15, 0.2) is 0 Å². The number of carboxylic acids is 1. The number of aromatic nitrogens is 1. The number of hydrogen-bond acceptors (Lipinski definition) is 3. The fourth-order valence-electron chi connectivity index (χ4n) is 2.88. The van der Waals surface area contributed by atoms with Crippen molar-refractivity contribution in [2.75, 3.05) is 0 Å². The highest BCUT2D eigenvalue weighted by molar-refractivity contribution is 6.31. The van der Waals surface area contributed by atoms with Crippen LogP contribution >= 0.6 is 11.6 Å². The number of amides is 1. The molecular weight excluding hydrogens is 368 g/mol. The Bertz CT molecular complexity index is 1080. The average Bonchev–Trinajstić information content (AvgIpc) is 2.65. The molecule has 2 aromatic carbocycles. The lowest BCUT2D eigenvalue weighted by Crippen LogP contribution is -2.28. The first-order valence-corrected chi connectivity index (χ1v) is 8.66. The molecule has 3 rings (SSSR count). The number of aromatic carboxylic acids is 1. The van der Waals surface area contributed by atoms with E-state index < -0.39 is 11.5 Å². The number of H-pyrrole nitrogens is 1. The van der Waals surface area contributed by atoms with Crippen molar-refractivity contribution in [2.45, 2.75) is 19.4 Å². The Balaban J connectivity index is 1.88. The minimum Gasteiger partial charge on any atom is -0.477 e. The van der Waals surface area contributed by atoms with Crippen LogP contribution in [0.5, 0.6) is 0 Å². The second-order valence-electron chi connectivity index (χ2n) is 6.20. The third-order valence-electron chi connectivity index (χ3n) is 4.37. The highest BCUT2D eigenvalue weighted by atomic mass is 35.5. The van der Waals surface area contributed by atoms with E-state index in [1.165, 1.54) is 6.07 Å². The number of halogens is 1. The van der Waals surface area contributed by atoms with Crippen LogP contribution in [0.4, 0.5) is 0 Å². The van der Waals surface area contributed by atoms with Gasteiger partial charge < -0.3 is 15.4 Å². The van der Waals surface area contributed by atoms with Crippen LogP contribution < -0.4 is 10.9 Å². The van der Waals surface area contributed by atoms with Gasteiger partial charge in [-0.15, -0.1) is 0 Å². The molecule has 7 heteroatoms. The van der Waals surface area contributed by atoms with Gasteiger partial charge in [0.2, 0.25) is 5.91 Å². The molecule has 0 bridgehead atoms. The molecule has 3 aromatic rings. The molecule has 0 unspecified atom stereocenters. The van der Waals surface area contributed by atoms with Gasteiger partial charge in [-0.3, -0.25) is 9.59 Å². The number of hydrogen-bond donors (Lipinski definition) is 3. The summed E-state index contributed by atoms with van der Waals surface area (Å²) in [6, 6.07) is 13.9. The van der Waals surface area contributed by atoms with Gasteiger partial charge in [0.1, 0.15) is 5.56 Å². The van der Waals surface area contributed by atoms with Crippen LogP contribution in [0.25, 0.3) is 10.9 Å². The molecule has 27 heavy (non-hydrogen) atoms. The van der Waals surface area contributed by atoms with Gasteiger partial charge in [-0.2, -0.15) is 0 Å². The Morgan fingerprint density at radius 3 is 2.56 bits per heavy atom. The lowest BCUT2D eigenvalue weighted by molar-refractivity contribution is -0.122. The molecule has 138 valence electrons. The largest absolute Gasteiger partial charge is 0.477 e. The monoisotopic (exact) mass is 384 g/mol. The van der Waals surface area contributed by atoms with E-state index in [9.17, 15) is 14.4 Å². The zero-order valence-electron chi connectivity index (χ0n) is 14.5. The van der Waals surface area contributed by atoms with Gasteiger partial charge in [0.05, 0.1) is 11.4 Å². The van der Waals surface area contributed by atoms with Gasteiger partial charge in [-0.1, -0.05) is 41.9 Å². The quantitative estimate of drug-likeness (QED) is 0.628. The summed E-state index contributed by atoms with van der Waals surface area (Å²) >= 11 is 6.12. The number of carboxylic acid groups (broad SMARTS) is 1. The Hall–Kier alpha value is -3.12. The van der Waals surface area contributed by atoms with Crippen molar-refractivity contribution in [3.05, 3.63) is 80.6 Å². The van der Waals surface area contributed by atoms with Crippen LogP contribution in [-0.2, 0) is 11.3 Å². The minimum atomic E-state index is -1.32. The molecule has 1 heterocycles. The minimum absolute atomic E-state index is 0.148. The molecule has 1 amide bonds. The van der Waals surface area contributed by atoms with Gasteiger partial charge in [-0.25, -0.2) is 4.79 Å². The summed E-state index contributed by atoms with van der Waals surface area (Å²) in [4.78, 5) is 38.2. The second kappa shape index (κ2) is 7.63. The van der Waals surface area contributed by atoms with E-state index in [1.54, 1.807) is 12.1 Å². The smallest absolute Gasteiger partial charge is 0.341 e. The molecule has 0 saturated heterocycles. The Morgan fingerprint density at radius 2 is 1.89 bits per heavy atom. The number of pyridine rings is 1. The molecular formula is C20H17ClN2O4. The van der Waals surface area contributed by atoms with Crippen LogP contribution in [0.2, 0.25) is 5.02 Å². The normalized spacial score (nSPS) is 11.9. The molecule has 0 radical (unpaired) electrons. The zero-order valence-corrected chi connectivity index (χ0v) is 15.2. The summed E-state index contributed by atoms with van der Waals surface area (Å²) in [5, 5.41) is 12.8. The molecule has 0 spiro atoms. The second-order valence-corrected chi connectivity index (χ2v) is 6.63. The number of aromatic amines is 1. The number of rotatable bonds is 5. The summed E-state index contributed by atoms with van der Waals surface area (Å²) < 4.78 is 0. The Morgan fingerprint density at radius 1 is 1.19 bits per heavy atom. The molecule has 3 N–H and O–H groups in total. The predicted octanol–water partition coefficient (Wildman–Crippen LogP) is 3.30. The maximum atomic E-state index is 12.5. The van der Waals surface area contributed by atoms with Crippen molar-refractivity contribution in [3.63, 3.8) is 0 Å². The molecule has 1 aromatic heterocycles. The summed E-state index contributed by atoms with van der Waals surface area (Å²) in [5.74, 6) is -1.82. The van der Waals surface area contributed by atoms with Crippen LogP contribution in [0.3, 0.4) is 0 Å². The van der Waals surface area contributed by atoms with Crippen LogP contribution in [-0.4, -0.2) is 22.0 Å². The van der Waals surface area contributed by atoms with Gasteiger partial charge in [0.25, 0.3) is 5.56 Å². The standard InChI is InChI=1S/C20H17ClN2O4/c1-11(12-5-3-2-4-6-12)18(24)22-10-14-8-15(21)7-13-9-16(20(26)27)19(25)23-17(13)14/h2-9,11H,10H2,1H3,(H,22,24)(H,23,25)(H,26,27)/t11-/m0/s1. The molecule has 6 nitrogen and oxygen atoms in total. The Labute approximate surface area is 159 Å². The summed E-state index contributed by atoms with van der Waals surface area (Å²) in [5.41, 5.74) is 0.868. The lowest BCUT2D eigenvalue weighted by atomic mass is 10.0. The van der Waals surface area contributed by atoms with E-state index in [-0.39, 0.29) is 23.9 Å². The first-order valence-electron chi connectivity index (χ1n) is 8.28. The number of fused-ring (bicyclic) bond motifs is 1. The fourth-order valence-corrected chi connectivity index (χ4v) is 3.13. The molecule has 0 fully saturated rings. The molecule has 0 saturated carbocycles. The third kappa shape index (κ3) is 4.01. The molecule has 0 aliphatic rings. The van der Waals surface area contributed by atoms with E-state index in [4.69, 9.17) is 16.7 Å². The summed E-state index contributed by atoms with van der Waals surface area (Å²) in [6.07, 6.45) is 0. The van der Waals surface area contributed by atoms with Crippen molar-refractivity contribution in [1.82, 2.24) is 10.3 Å². The van der Waals surface area contributed by atoms with E-state index in [1.807, 2.05) is 37.3 Å². The number of carbonyl (C=O) groups is 2. The topological polar surface area (TPSA) is 99.3 Å². The lowest BCUT2D eigenvalue weighted by Gasteiger charge is -2.14. The fraction of sp³-hybridized carbons (Fsp3) is 0.150. The maximum Gasteiger partial charge on any atom is 0.341 e. The van der Waals surface area contributed by atoms with Crippen LogP contribution in [0.1, 0.15) is 34.3 Å². The third-order valence-corrected chi connectivity index (χ3v) is 4.59. The maximum absolute atomic E-state index is 12.5. The van der Waals surface area contributed by atoms with Crippen molar-refractivity contribution >= 4 is 34.4 Å². The van der Waals surface area contributed by atoms with Crippen LogP contribution in [0, 0.1) is 0 Å². The van der Waals surface area contributed by atoms with Gasteiger partial charge in [0, 0.05) is 17.0 Å². The molecule has 0 aliphatic heterocycles. The van der Waals surface area contributed by atoms with E-state index >= 15 is 0 Å². The highest BCUT2D eigenvalue weighted by Crippen LogP contribution is 2.23. The molecule has 1 atom stereocenters. The first kappa shape index (κ1) is 18.7. The SMILES string of the molecule is C[C@H](C(=O)NCc1cc(Cl)cc2cc(C(=O)O)c(=O)[nH]c12)c1ccccc1. The van der Waals surface area contributed by atoms with E-state index in [0.717, 1.165) is 5.56 Å². The van der Waals surface area contributed by atoms with Gasteiger partial charge >= 0.3 is 5.97 Å². The number of carbonyl (C=O) groups excluding carboxylic acids is 1. The first-order chi connectivity index (χ1) is 12.9. The van der Waals surface area contributed by atoms with Crippen LogP contribution in [0.15, 0.2) is 53.3 Å². The molecule has 0 aliphatic carbocycles. The van der Waals surface area contributed by atoms with E-state index in [0.29, 0.717) is 21.5 Å². The Kier molecular flexibility index (Phi) is 5.28. The summed E-state index contributed by atoms with van der Waals surface area (Å²) in [6.45, 7) is 1.96. The number of nitrogens with one attached hydrogen (secondary N) is 2. The van der Waals surface area contributed by atoms with Crippen molar-refractivity contribution in [3.8, 4) is 0 Å².